The molecule has 18 heavy (non-hydrogen) atoms. The summed E-state index contributed by atoms with van der Waals surface area (Å²) in [6, 6.07) is 2.16. The Balaban J connectivity index is 2.19. The quantitative estimate of drug-likeness (QED) is 0.831. The van der Waals surface area contributed by atoms with Crippen molar-refractivity contribution in [3.63, 3.8) is 0 Å². The molecule has 0 unspecified atom stereocenters. The third-order valence-electron chi connectivity index (χ3n) is 2.79. The number of hydrogen-bond donors (Lipinski definition) is 1. The number of nitriles is 1. The fourth-order valence-corrected chi connectivity index (χ4v) is 3.23. The van der Waals surface area contributed by atoms with Crippen molar-refractivity contribution in [3.8, 4) is 18.4 Å². The molecule has 0 aromatic carbocycles. The molecule has 5 heteroatoms. The fourth-order valence-electron chi connectivity index (χ4n) is 2.01. The smallest absolute Gasteiger partial charge is 0.413 e. The number of nitrogens with one attached hydrogen (secondary N) is 1. The van der Waals surface area contributed by atoms with E-state index in [4.69, 9.17) is 11.2 Å². The Morgan fingerprint density at radius 3 is 3.00 bits per heavy atom. The van der Waals surface area contributed by atoms with Crippen molar-refractivity contribution < 1.29 is 9.53 Å². The first-order valence-electron chi connectivity index (χ1n) is 5.68. The standard InChI is InChI=1S/C13H12N2O2S/c1-2-7-17-13(16)15-12-10(8-14)9-5-3-4-6-11(9)18-12/h1H,3-7H2,(H,15,16). The predicted molar refractivity (Wildman–Crippen MR) is 69.5 cm³/mol. The summed E-state index contributed by atoms with van der Waals surface area (Å²) in [5.74, 6) is 2.22. The van der Waals surface area contributed by atoms with E-state index in [9.17, 15) is 10.1 Å². The van der Waals surface area contributed by atoms with Crippen LogP contribution in [0.3, 0.4) is 0 Å². The molecule has 0 saturated carbocycles. The number of carbonyl (C=O) groups excluding carboxylic acids is 1. The topological polar surface area (TPSA) is 62.1 Å². The number of anilines is 1. The van der Waals surface area contributed by atoms with Gasteiger partial charge < -0.3 is 4.74 Å². The first kappa shape index (κ1) is 12.5. The summed E-state index contributed by atoms with van der Waals surface area (Å²) < 4.78 is 4.74. The molecule has 0 aliphatic heterocycles. The molecule has 1 aromatic rings. The average molecular weight is 260 g/mol. The van der Waals surface area contributed by atoms with Crippen LogP contribution in [0.15, 0.2) is 0 Å². The lowest BCUT2D eigenvalue weighted by atomic mass is 9.96. The van der Waals surface area contributed by atoms with Gasteiger partial charge in [-0.25, -0.2) is 4.79 Å². The molecule has 92 valence electrons. The van der Waals surface area contributed by atoms with Gasteiger partial charge in [0.1, 0.15) is 11.1 Å². The Labute approximate surface area is 110 Å². The van der Waals surface area contributed by atoms with Gasteiger partial charge in [-0.2, -0.15) is 5.26 Å². The van der Waals surface area contributed by atoms with Crippen molar-refractivity contribution in [1.29, 1.82) is 5.26 Å². The van der Waals surface area contributed by atoms with Gasteiger partial charge in [0.05, 0.1) is 5.56 Å². The highest BCUT2D eigenvalue weighted by Gasteiger charge is 2.21. The molecule has 1 aliphatic rings. The number of fused-ring (bicyclic) bond motifs is 1. The maximum atomic E-state index is 11.4. The predicted octanol–water partition coefficient (Wildman–Crippen LogP) is 2.68. The summed E-state index contributed by atoms with van der Waals surface area (Å²) >= 11 is 1.46. The minimum absolute atomic E-state index is 0.0706. The first-order valence-corrected chi connectivity index (χ1v) is 6.49. The van der Waals surface area contributed by atoms with E-state index in [1.807, 2.05) is 0 Å². The van der Waals surface area contributed by atoms with E-state index < -0.39 is 6.09 Å². The Morgan fingerprint density at radius 2 is 2.28 bits per heavy atom. The Bertz CT molecular complexity index is 549. The monoisotopic (exact) mass is 260 g/mol. The minimum atomic E-state index is -0.608. The zero-order chi connectivity index (χ0) is 13.0. The van der Waals surface area contributed by atoms with Crippen molar-refractivity contribution in [3.05, 3.63) is 16.0 Å². The number of carbonyl (C=O) groups is 1. The molecule has 1 aromatic heterocycles. The molecule has 2 rings (SSSR count). The summed E-state index contributed by atoms with van der Waals surface area (Å²) in [6.45, 7) is -0.0706. The summed E-state index contributed by atoms with van der Waals surface area (Å²) in [6.07, 6.45) is 8.52. The third kappa shape index (κ3) is 2.47. The van der Waals surface area contributed by atoms with Crippen molar-refractivity contribution >= 4 is 22.4 Å². The molecule has 0 atom stereocenters. The average Bonchev–Trinajstić information content (AvgIpc) is 2.73. The molecule has 0 bridgehead atoms. The highest BCUT2D eigenvalue weighted by atomic mass is 32.1. The van der Waals surface area contributed by atoms with E-state index in [1.54, 1.807) is 0 Å². The van der Waals surface area contributed by atoms with E-state index in [1.165, 1.54) is 16.2 Å². The van der Waals surface area contributed by atoms with E-state index in [-0.39, 0.29) is 6.61 Å². The second-order valence-electron chi connectivity index (χ2n) is 3.93. The van der Waals surface area contributed by atoms with Gasteiger partial charge in [0.15, 0.2) is 6.61 Å². The number of ether oxygens (including phenoxy) is 1. The summed E-state index contributed by atoms with van der Waals surface area (Å²) in [4.78, 5) is 12.6. The lowest BCUT2D eigenvalue weighted by Gasteiger charge is -2.09. The Morgan fingerprint density at radius 1 is 1.50 bits per heavy atom. The van der Waals surface area contributed by atoms with Gasteiger partial charge in [-0.15, -0.1) is 17.8 Å². The number of rotatable bonds is 2. The lowest BCUT2D eigenvalue weighted by Crippen LogP contribution is -2.13. The maximum Gasteiger partial charge on any atom is 0.413 e. The molecule has 1 amide bonds. The molecule has 4 nitrogen and oxygen atoms in total. The summed E-state index contributed by atoms with van der Waals surface area (Å²) in [5, 5.41) is 12.4. The van der Waals surface area contributed by atoms with E-state index in [2.05, 4.69) is 17.3 Å². The van der Waals surface area contributed by atoms with Crippen LogP contribution >= 0.6 is 11.3 Å². The van der Waals surface area contributed by atoms with E-state index >= 15 is 0 Å². The van der Waals surface area contributed by atoms with Crippen LogP contribution < -0.4 is 5.32 Å². The van der Waals surface area contributed by atoms with Crippen LogP contribution in [0.2, 0.25) is 0 Å². The van der Waals surface area contributed by atoms with Gasteiger partial charge in [-0.3, -0.25) is 5.32 Å². The number of terminal acetylenes is 1. The van der Waals surface area contributed by atoms with Crippen molar-refractivity contribution in [2.24, 2.45) is 0 Å². The zero-order valence-corrected chi connectivity index (χ0v) is 10.6. The van der Waals surface area contributed by atoms with Crippen LogP contribution in [0, 0.1) is 23.7 Å². The van der Waals surface area contributed by atoms with Gasteiger partial charge in [0, 0.05) is 4.88 Å². The van der Waals surface area contributed by atoms with E-state index in [0.29, 0.717) is 10.6 Å². The molecule has 0 fully saturated rings. The van der Waals surface area contributed by atoms with Gasteiger partial charge >= 0.3 is 6.09 Å². The number of amides is 1. The van der Waals surface area contributed by atoms with Gasteiger partial charge in [0.2, 0.25) is 0 Å². The molecular formula is C13H12N2O2S. The van der Waals surface area contributed by atoms with Crippen molar-refractivity contribution in [1.82, 2.24) is 0 Å². The second-order valence-corrected chi connectivity index (χ2v) is 5.04. The van der Waals surface area contributed by atoms with Gasteiger partial charge in [-0.1, -0.05) is 5.92 Å². The number of nitrogens with zero attached hydrogens (tertiary/aromatic N) is 1. The second kappa shape index (κ2) is 5.57. The highest BCUT2D eigenvalue weighted by molar-refractivity contribution is 7.16. The Kier molecular flexibility index (Phi) is 3.86. The van der Waals surface area contributed by atoms with Crippen LogP contribution in [0.4, 0.5) is 9.80 Å². The zero-order valence-electron chi connectivity index (χ0n) is 9.78. The van der Waals surface area contributed by atoms with Crippen molar-refractivity contribution in [2.75, 3.05) is 11.9 Å². The van der Waals surface area contributed by atoms with Crippen molar-refractivity contribution in [2.45, 2.75) is 25.7 Å². The Hall–Kier alpha value is -1.98. The van der Waals surface area contributed by atoms with Crippen LogP contribution in [-0.2, 0) is 17.6 Å². The third-order valence-corrected chi connectivity index (χ3v) is 3.99. The highest BCUT2D eigenvalue weighted by Crippen LogP contribution is 2.37. The van der Waals surface area contributed by atoms with E-state index in [0.717, 1.165) is 31.2 Å². The molecular weight excluding hydrogens is 248 g/mol. The largest absolute Gasteiger partial charge is 0.436 e. The number of thiophene rings is 1. The molecule has 1 N–H and O–H groups in total. The lowest BCUT2D eigenvalue weighted by molar-refractivity contribution is 0.176. The molecule has 1 heterocycles. The summed E-state index contributed by atoms with van der Waals surface area (Å²) in [7, 11) is 0. The van der Waals surface area contributed by atoms with Gasteiger partial charge in [0.25, 0.3) is 0 Å². The van der Waals surface area contributed by atoms with Crippen LogP contribution in [-0.4, -0.2) is 12.7 Å². The van der Waals surface area contributed by atoms with Crippen LogP contribution in [0.25, 0.3) is 0 Å². The fraction of sp³-hybridized carbons (Fsp3) is 0.385. The number of aryl methyl sites for hydroxylation is 1. The van der Waals surface area contributed by atoms with Crippen LogP contribution in [0.5, 0.6) is 0 Å². The minimum Gasteiger partial charge on any atom is -0.436 e. The van der Waals surface area contributed by atoms with Gasteiger partial charge in [-0.05, 0) is 31.2 Å². The molecule has 0 spiro atoms. The SMILES string of the molecule is C#CCOC(=O)Nc1sc2c(c1C#N)CCCC2. The molecule has 1 aliphatic carbocycles. The summed E-state index contributed by atoms with van der Waals surface area (Å²) in [5.41, 5.74) is 1.66. The molecule has 0 radical (unpaired) electrons. The molecule has 0 saturated heterocycles. The normalized spacial score (nSPS) is 13.0. The van der Waals surface area contributed by atoms with Crippen LogP contribution in [0.1, 0.15) is 28.8 Å². The number of hydrogen-bond acceptors (Lipinski definition) is 4. The maximum absolute atomic E-state index is 11.4. The first-order chi connectivity index (χ1) is 8.76.